The summed E-state index contributed by atoms with van der Waals surface area (Å²) in [6.07, 6.45) is 3.90. The highest BCUT2D eigenvalue weighted by atomic mass is 35.5. The Morgan fingerprint density at radius 3 is 2.52 bits per heavy atom. The number of benzene rings is 1. The average Bonchev–Trinajstić information content (AvgIpc) is 2.98. The van der Waals surface area contributed by atoms with Crippen molar-refractivity contribution in [2.45, 2.75) is 31.7 Å². The van der Waals surface area contributed by atoms with Gasteiger partial charge in [-0.1, -0.05) is 24.4 Å². The van der Waals surface area contributed by atoms with Crippen LogP contribution in [-0.2, 0) is 14.8 Å². The summed E-state index contributed by atoms with van der Waals surface area (Å²) in [5.74, 6) is 0.0343. The maximum atomic E-state index is 11.9. The molecule has 0 spiro atoms. The molecular weight excluding hydrogens is 340 g/mol. The number of hydrogen-bond acceptors (Lipinski definition) is 4. The monoisotopic (exact) mass is 360 g/mol. The molecule has 8 heteroatoms. The lowest BCUT2D eigenvalue weighted by Gasteiger charge is -2.13. The van der Waals surface area contributed by atoms with Gasteiger partial charge in [0.2, 0.25) is 10.0 Å². The molecule has 1 saturated carbocycles. The normalized spacial score (nSPS) is 15.5. The van der Waals surface area contributed by atoms with Crippen molar-refractivity contribution < 1.29 is 17.9 Å². The van der Waals surface area contributed by atoms with Gasteiger partial charge in [0.25, 0.3) is 5.91 Å². The number of carbonyl (C=O) groups is 1. The number of halogens is 1. The third-order valence-electron chi connectivity index (χ3n) is 3.58. The molecule has 0 saturated heterocycles. The Hall–Kier alpha value is -1.31. The van der Waals surface area contributed by atoms with Crippen LogP contribution in [0, 0.1) is 0 Å². The third-order valence-corrected chi connectivity index (χ3v) is 5.26. The number of amides is 1. The van der Waals surface area contributed by atoms with Gasteiger partial charge >= 0.3 is 0 Å². The van der Waals surface area contributed by atoms with Gasteiger partial charge in [0.1, 0.15) is 5.75 Å². The second-order valence-electron chi connectivity index (χ2n) is 5.51. The minimum absolute atomic E-state index is 0.0453. The Kier molecular flexibility index (Phi) is 6.68. The van der Waals surface area contributed by atoms with Gasteiger partial charge in [0, 0.05) is 17.6 Å². The minimum atomic E-state index is -3.35. The van der Waals surface area contributed by atoms with Gasteiger partial charge in [-0.3, -0.25) is 4.79 Å². The van der Waals surface area contributed by atoms with Gasteiger partial charge in [-0.25, -0.2) is 13.1 Å². The van der Waals surface area contributed by atoms with Gasteiger partial charge in [-0.15, -0.1) is 0 Å². The summed E-state index contributed by atoms with van der Waals surface area (Å²) in [5.41, 5.74) is 0. The predicted molar refractivity (Wildman–Crippen MR) is 89.1 cm³/mol. The Balaban J connectivity index is 1.64. The van der Waals surface area contributed by atoms with E-state index in [0.29, 0.717) is 10.8 Å². The van der Waals surface area contributed by atoms with Gasteiger partial charge < -0.3 is 10.1 Å². The Labute approximate surface area is 141 Å². The first-order valence-electron chi connectivity index (χ1n) is 7.60. The summed E-state index contributed by atoms with van der Waals surface area (Å²) in [6.45, 7) is -0.109. The maximum Gasteiger partial charge on any atom is 0.257 e. The summed E-state index contributed by atoms with van der Waals surface area (Å²) < 4.78 is 31.7. The number of sulfonamides is 1. The van der Waals surface area contributed by atoms with E-state index in [2.05, 4.69) is 10.0 Å². The van der Waals surface area contributed by atoms with Crippen molar-refractivity contribution in [1.29, 1.82) is 0 Å². The molecule has 1 aliphatic rings. The molecule has 1 aromatic rings. The van der Waals surface area contributed by atoms with Crippen LogP contribution in [0.5, 0.6) is 5.75 Å². The van der Waals surface area contributed by atoms with Crippen LogP contribution < -0.4 is 14.8 Å². The van der Waals surface area contributed by atoms with Gasteiger partial charge in [-0.05, 0) is 37.1 Å². The summed E-state index contributed by atoms with van der Waals surface area (Å²) in [6, 6.07) is 6.69. The Morgan fingerprint density at radius 2 is 1.87 bits per heavy atom. The van der Waals surface area contributed by atoms with E-state index in [1.807, 2.05) is 0 Å². The fourth-order valence-corrected chi connectivity index (χ4v) is 3.77. The molecule has 128 valence electrons. The van der Waals surface area contributed by atoms with Crippen molar-refractivity contribution in [3.05, 3.63) is 29.3 Å². The van der Waals surface area contributed by atoms with Crippen LogP contribution >= 0.6 is 11.6 Å². The van der Waals surface area contributed by atoms with Gasteiger partial charge in [0.15, 0.2) is 6.61 Å². The standard InChI is InChI=1S/C15H21ClN2O4S/c16-12-5-7-14(8-6-12)22-11-15(19)17-9-10-23(20,21)18-13-3-1-2-4-13/h5-8,13,18H,1-4,9-11H2,(H,17,19). The fraction of sp³-hybridized carbons (Fsp3) is 0.533. The SMILES string of the molecule is O=C(COc1ccc(Cl)cc1)NCCS(=O)(=O)NC1CCCC1. The highest BCUT2D eigenvalue weighted by molar-refractivity contribution is 7.89. The van der Waals surface area contributed by atoms with Crippen LogP contribution in [0.4, 0.5) is 0 Å². The molecule has 6 nitrogen and oxygen atoms in total. The number of rotatable bonds is 8. The van der Waals surface area contributed by atoms with Crippen molar-refractivity contribution >= 4 is 27.5 Å². The topological polar surface area (TPSA) is 84.5 Å². The first-order chi connectivity index (χ1) is 10.9. The molecule has 1 aromatic carbocycles. The zero-order valence-corrected chi connectivity index (χ0v) is 14.3. The predicted octanol–water partition coefficient (Wildman–Crippen LogP) is 1.70. The van der Waals surface area contributed by atoms with E-state index in [9.17, 15) is 13.2 Å². The largest absolute Gasteiger partial charge is 0.484 e. The highest BCUT2D eigenvalue weighted by Gasteiger charge is 2.21. The molecule has 0 radical (unpaired) electrons. The summed E-state index contributed by atoms with van der Waals surface area (Å²) in [5, 5.41) is 3.12. The zero-order valence-electron chi connectivity index (χ0n) is 12.8. The molecule has 0 unspecified atom stereocenters. The average molecular weight is 361 g/mol. The van der Waals surface area contributed by atoms with Crippen molar-refractivity contribution in [2.75, 3.05) is 18.9 Å². The molecule has 1 amide bonds. The molecule has 1 aliphatic carbocycles. The zero-order chi connectivity index (χ0) is 16.7. The van der Waals surface area contributed by atoms with E-state index in [4.69, 9.17) is 16.3 Å². The van der Waals surface area contributed by atoms with Crippen LogP contribution in [0.2, 0.25) is 5.02 Å². The first kappa shape index (κ1) is 18.0. The lowest BCUT2D eigenvalue weighted by atomic mass is 10.3. The Bertz CT molecular complexity index is 613. The van der Waals surface area contributed by atoms with Crippen molar-refractivity contribution in [3.63, 3.8) is 0 Å². The lowest BCUT2D eigenvalue weighted by molar-refractivity contribution is -0.122. The Morgan fingerprint density at radius 1 is 1.22 bits per heavy atom. The second kappa shape index (κ2) is 8.52. The van der Waals surface area contributed by atoms with E-state index in [1.54, 1.807) is 24.3 Å². The molecule has 0 aliphatic heterocycles. The van der Waals surface area contributed by atoms with Crippen LogP contribution in [0.3, 0.4) is 0 Å². The van der Waals surface area contributed by atoms with E-state index >= 15 is 0 Å². The van der Waals surface area contributed by atoms with E-state index in [-0.39, 0.29) is 30.9 Å². The van der Waals surface area contributed by atoms with Gasteiger partial charge in [-0.2, -0.15) is 0 Å². The quantitative estimate of drug-likeness (QED) is 0.739. The smallest absolute Gasteiger partial charge is 0.257 e. The van der Waals surface area contributed by atoms with Crippen LogP contribution in [0.15, 0.2) is 24.3 Å². The van der Waals surface area contributed by atoms with Crippen molar-refractivity contribution in [1.82, 2.24) is 10.0 Å². The van der Waals surface area contributed by atoms with E-state index in [0.717, 1.165) is 25.7 Å². The highest BCUT2D eigenvalue weighted by Crippen LogP contribution is 2.18. The fourth-order valence-electron chi connectivity index (χ4n) is 2.41. The molecule has 0 heterocycles. The summed E-state index contributed by atoms with van der Waals surface area (Å²) in [4.78, 5) is 11.6. The van der Waals surface area contributed by atoms with E-state index in [1.165, 1.54) is 0 Å². The van der Waals surface area contributed by atoms with Crippen molar-refractivity contribution in [2.24, 2.45) is 0 Å². The van der Waals surface area contributed by atoms with Crippen LogP contribution in [0.25, 0.3) is 0 Å². The molecule has 0 aromatic heterocycles. The van der Waals surface area contributed by atoms with Crippen molar-refractivity contribution in [3.8, 4) is 5.75 Å². The molecule has 1 fully saturated rings. The van der Waals surface area contributed by atoms with E-state index < -0.39 is 10.0 Å². The first-order valence-corrected chi connectivity index (χ1v) is 9.63. The van der Waals surface area contributed by atoms with Crippen LogP contribution in [-0.4, -0.2) is 39.3 Å². The molecular formula is C15H21ClN2O4S. The number of ether oxygens (including phenoxy) is 1. The maximum absolute atomic E-state index is 11.9. The number of nitrogens with one attached hydrogen (secondary N) is 2. The summed E-state index contributed by atoms with van der Waals surface area (Å²) >= 11 is 5.75. The molecule has 0 atom stereocenters. The molecule has 23 heavy (non-hydrogen) atoms. The molecule has 2 N–H and O–H groups in total. The van der Waals surface area contributed by atoms with Crippen LogP contribution in [0.1, 0.15) is 25.7 Å². The lowest BCUT2D eigenvalue weighted by Crippen LogP contribution is -2.39. The van der Waals surface area contributed by atoms with Gasteiger partial charge in [0.05, 0.1) is 5.75 Å². The molecule has 0 bridgehead atoms. The second-order valence-corrected chi connectivity index (χ2v) is 7.82. The number of hydrogen-bond donors (Lipinski definition) is 2. The minimum Gasteiger partial charge on any atom is -0.484 e. The molecule has 2 rings (SSSR count). The third kappa shape index (κ3) is 6.76. The summed E-state index contributed by atoms with van der Waals surface area (Å²) in [7, 11) is -3.35. The number of carbonyl (C=O) groups excluding carboxylic acids is 1.